The summed E-state index contributed by atoms with van der Waals surface area (Å²) in [6.07, 6.45) is 1.44. The van der Waals surface area contributed by atoms with Crippen molar-refractivity contribution in [1.82, 2.24) is 4.57 Å². The van der Waals surface area contributed by atoms with Crippen LogP contribution >= 0.6 is 11.6 Å². The summed E-state index contributed by atoms with van der Waals surface area (Å²) < 4.78 is 1.27. The second-order valence-electron chi connectivity index (χ2n) is 5.11. The second-order valence-corrected chi connectivity index (χ2v) is 5.52. The van der Waals surface area contributed by atoms with Gasteiger partial charge >= 0.3 is 0 Å². The number of aromatic hydroxyl groups is 1. The first kappa shape index (κ1) is 16.0. The highest BCUT2D eigenvalue weighted by atomic mass is 35.5. The van der Waals surface area contributed by atoms with E-state index in [0.29, 0.717) is 16.5 Å². The summed E-state index contributed by atoms with van der Waals surface area (Å²) in [5.74, 6) is -0.505. The lowest BCUT2D eigenvalue weighted by Gasteiger charge is -2.05. The molecular weight excluding hydrogens is 336 g/mol. The van der Waals surface area contributed by atoms with Gasteiger partial charge in [-0.05, 0) is 30.3 Å². The smallest absolute Gasteiger partial charge is 0.288 e. The molecule has 0 bridgehead atoms. The number of hydrogen-bond donors (Lipinski definition) is 2. The quantitative estimate of drug-likeness (QED) is 0.560. The van der Waals surface area contributed by atoms with Crippen LogP contribution in [0, 0.1) is 10.1 Å². The Morgan fingerprint density at radius 3 is 2.67 bits per heavy atom. The van der Waals surface area contributed by atoms with Crippen molar-refractivity contribution >= 4 is 34.1 Å². The van der Waals surface area contributed by atoms with Crippen LogP contribution in [0.1, 0.15) is 15.9 Å². The lowest BCUT2D eigenvalue weighted by molar-refractivity contribution is -0.384. The van der Waals surface area contributed by atoms with Gasteiger partial charge in [-0.2, -0.15) is 0 Å². The van der Waals surface area contributed by atoms with E-state index in [0.717, 1.165) is 6.07 Å². The molecule has 3 aromatic rings. The van der Waals surface area contributed by atoms with Crippen molar-refractivity contribution in [2.75, 3.05) is 0 Å². The molecule has 0 unspecified atom stereocenters. The molecule has 0 saturated carbocycles. The van der Waals surface area contributed by atoms with E-state index in [1.165, 1.54) is 41.1 Å². The zero-order valence-electron chi connectivity index (χ0n) is 12.1. The van der Waals surface area contributed by atoms with Gasteiger partial charge in [-0.15, -0.1) is 0 Å². The van der Waals surface area contributed by atoms with Crippen molar-refractivity contribution in [1.29, 1.82) is 0 Å². The molecule has 0 aliphatic heterocycles. The number of halogens is 1. The Balaban J connectivity index is 2.16. The molecule has 7 nitrogen and oxygen atoms in total. The van der Waals surface area contributed by atoms with Crippen LogP contribution in [0.3, 0.4) is 0 Å². The van der Waals surface area contributed by atoms with Crippen LogP contribution in [0.4, 0.5) is 5.69 Å². The number of aromatic nitrogens is 1. The molecular formula is C16H11ClN2O5. The Hall–Kier alpha value is -2.90. The molecule has 1 aromatic heterocycles. The van der Waals surface area contributed by atoms with Gasteiger partial charge < -0.3 is 10.2 Å². The number of phenolic OH excluding ortho intramolecular Hbond substituents is 1. The second kappa shape index (κ2) is 5.95. The molecule has 0 aliphatic carbocycles. The van der Waals surface area contributed by atoms with Crippen molar-refractivity contribution in [2.45, 2.75) is 6.61 Å². The van der Waals surface area contributed by atoms with Crippen molar-refractivity contribution in [3.05, 3.63) is 68.9 Å². The summed E-state index contributed by atoms with van der Waals surface area (Å²) in [6, 6.07) is 8.17. The van der Waals surface area contributed by atoms with Gasteiger partial charge in [0.2, 0.25) is 0 Å². The molecule has 2 N–H and O–H groups in total. The maximum absolute atomic E-state index is 12.7. The molecule has 0 fully saturated rings. The maximum Gasteiger partial charge on any atom is 0.288 e. The van der Waals surface area contributed by atoms with E-state index in [2.05, 4.69) is 0 Å². The minimum atomic E-state index is -0.663. The predicted molar refractivity (Wildman–Crippen MR) is 87.4 cm³/mol. The Labute approximate surface area is 140 Å². The predicted octanol–water partition coefficient (Wildman–Crippen LogP) is 3.09. The third-order valence-corrected chi connectivity index (χ3v) is 3.97. The highest BCUT2D eigenvalue weighted by molar-refractivity contribution is 6.32. The maximum atomic E-state index is 12.7. The molecule has 8 heteroatoms. The number of aliphatic hydroxyl groups excluding tert-OH is 1. The molecule has 0 radical (unpaired) electrons. The number of nitro benzene ring substituents is 1. The molecule has 24 heavy (non-hydrogen) atoms. The highest BCUT2D eigenvalue weighted by Gasteiger charge is 2.19. The van der Waals surface area contributed by atoms with E-state index in [1.807, 2.05) is 0 Å². The summed E-state index contributed by atoms with van der Waals surface area (Å²) in [5, 5.41) is 30.4. The monoisotopic (exact) mass is 346 g/mol. The number of rotatable bonds is 3. The van der Waals surface area contributed by atoms with E-state index in [4.69, 9.17) is 11.6 Å². The van der Waals surface area contributed by atoms with Crippen LogP contribution in [-0.4, -0.2) is 25.6 Å². The minimum Gasteiger partial charge on any atom is -0.508 e. The van der Waals surface area contributed by atoms with Crippen molar-refractivity contribution in [3.63, 3.8) is 0 Å². The van der Waals surface area contributed by atoms with Gasteiger partial charge in [-0.1, -0.05) is 11.6 Å². The molecule has 3 rings (SSSR count). The van der Waals surface area contributed by atoms with E-state index < -0.39 is 10.8 Å². The van der Waals surface area contributed by atoms with Crippen LogP contribution in [0.2, 0.25) is 5.02 Å². The van der Waals surface area contributed by atoms with Crippen molar-refractivity contribution < 1.29 is 19.9 Å². The number of nitrogens with zero attached hydrogens (tertiary/aromatic N) is 2. The number of carbonyl (C=O) groups excluding carboxylic acids is 1. The van der Waals surface area contributed by atoms with E-state index >= 15 is 0 Å². The van der Waals surface area contributed by atoms with Gasteiger partial charge in [0.05, 0.1) is 17.0 Å². The standard InChI is InChI=1S/C16H11ClN2O5/c17-13-3-1-9(5-15(13)19(23)24)16(22)18-7-10(8-20)12-6-11(21)2-4-14(12)18/h1-7,20-21H,8H2. The molecule has 0 aliphatic rings. The van der Waals surface area contributed by atoms with Gasteiger partial charge in [0.25, 0.3) is 11.6 Å². The topological polar surface area (TPSA) is 106 Å². The zero-order chi connectivity index (χ0) is 17.4. The van der Waals surface area contributed by atoms with E-state index in [1.54, 1.807) is 0 Å². The summed E-state index contributed by atoms with van der Waals surface area (Å²) in [5.41, 5.74) is 0.650. The fraction of sp³-hybridized carbons (Fsp3) is 0.0625. The average Bonchev–Trinajstić information content (AvgIpc) is 2.92. The summed E-state index contributed by atoms with van der Waals surface area (Å²) in [7, 11) is 0. The first-order chi connectivity index (χ1) is 11.4. The van der Waals surface area contributed by atoms with E-state index in [9.17, 15) is 25.1 Å². The lowest BCUT2D eigenvalue weighted by Crippen LogP contribution is -2.11. The summed E-state index contributed by atoms with van der Waals surface area (Å²) in [4.78, 5) is 23.0. The highest BCUT2D eigenvalue weighted by Crippen LogP contribution is 2.29. The lowest BCUT2D eigenvalue weighted by atomic mass is 10.1. The SMILES string of the molecule is O=C(c1ccc(Cl)c([N+](=O)[O-])c1)n1cc(CO)c2cc(O)ccc21. The fourth-order valence-electron chi connectivity index (χ4n) is 2.50. The van der Waals surface area contributed by atoms with Gasteiger partial charge in [0, 0.05) is 28.8 Å². The van der Waals surface area contributed by atoms with Crippen molar-refractivity contribution in [2.24, 2.45) is 0 Å². The average molecular weight is 347 g/mol. The Morgan fingerprint density at radius 1 is 1.25 bits per heavy atom. The van der Waals surface area contributed by atoms with Gasteiger partial charge in [-0.25, -0.2) is 0 Å². The Kier molecular flexibility index (Phi) is 3.96. The largest absolute Gasteiger partial charge is 0.508 e. The summed E-state index contributed by atoms with van der Waals surface area (Å²) >= 11 is 5.76. The van der Waals surface area contributed by atoms with Crippen LogP contribution in [0.15, 0.2) is 42.6 Å². The fourth-order valence-corrected chi connectivity index (χ4v) is 2.69. The van der Waals surface area contributed by atoms with Crippen LogP contribution < -0.4 is 0 Å². The van der Waals surface area contributed by atoms with Crippen LogP contribution in [0.25, 0.3) is 10.9 Å². The number of phenols is 1. The number of hydrogen-bond acceptors (Lipinski definition) is 5. The normalized spacial score (nSPS) is 10.9. The molecule has 122 valence electrons. The van der Waals surface area contributed by atoms with Crippen molar-refractivity contribution in [3.8, 4) is 5.75 Å². The van der Waals surface area contributed by atoms with Gasteiger partial charge in [0.1, 0.15) is 10.8 Å². The molecule has 0 spiro atoms. The molecule has 0 atom stereocenters. The number of benzene rings is 2. The Bertz CT molecular complexity index is 980. The van der Waals surface area contributed by atoms with Gasteiger partial charge in [-0.3, -0.25) is 19.5 Å². The number of aliphatic hydroxyl groups is 1. The van der Waals surface area contributed by atoms with Crippen LogP contribution in [-0.2, 0) is 6.61 Å². The first-order valence-electron chi connectivity index (χ1n) is 6.85. The summed E-state index contributed by atoms with van der Waals surface area (Å²) in [6.45, 7) is -0.318. The third-order valence-electron chi connectivity index (χ3n) is 3.65. The molecule has 2 aromatic carbocycles. The van der Waals surface area contributed by atoms with E-state index in [-0.39, 0.29) is 28.6 Å². The number of nitro groups is 1. The zero-order valence-corrected chi connectivity index (χ0v) is 12.9. The minimum absolute atomic E-state index is 0.00419. The molecule has 0 saturated heterocycles. The Morgan fingerprint density at radius 2 is 2.00 bits per heavy atom. The molecule has 1 heterocycles. The number of fused-ring (bicyclic) bond motifs is 1. The van der Waals surface area contributed by atoms with Crippen LogP contribution in [0.5, 0.6) is 5.75 Å². The third kappa shape index (κ3) is 2.60. The first-order valence-corrected chi connectivity index (χ1v) is 7.22. The number of carbonyl (C=O) groups is 1. The molecule has 0 amide bonds. The van der Waals surface area contributed by atoms with Gasteiger partial charge in [0.15, 0.2) is 0 Å².